The fourth-order valence-corrected chi connectivity index (χ4v) is 4.85. The average molecular weight is 332 g/mol. The Morgan fingerprint density at radius 3 is 2.83 bits per heavy atom. The Labute approximate surface area is 121 Å². The molecule has 2 aliphatic rings. The molecule has 0 N–H and O–H groups in total. The Morgan fingerprint density at radius 2 is 2.22 bits per heavy atom. The number of halogens is 3. The van der Waals surface area contributed by atoms with Crippen molar-refractivity contribution in [3.8, 4) is 0 Å². The van der Waals surface area contributed by atoms with Gasteiger partial charge >= 0.3 is 0 Å². The van der Waals surface area contributed by atoms with Gasteiger partial charge in [0.15, 0.2) is 0 Å². The summed E-state index contributed by atoms with van der Waals surface area (Å²) in [6.07, 6.45) is 6.15. The van der Waals surface area contributed by atoms with Crippen molar-refractivity contribution >= 4 is 27.5 Å². The van der Waals surface area contributed by atoms with Crippen LogP contribution in [0, 0.1) is 23.1 Å². The average Bonchev–Trinajstić information content (AvgIpc) is 2.94. The van der Waals surface area contributed by atoms with Crippen LogP contribution < -0.4 is 0 Å². The van der Waals surface area contributed by atoms with Crippen molar-refractivity contribution in [2.75, 3.05) is 5.88 Å². The van der Waals surface area contributed by atoms with Crippen molar-refractivity contribution in [3.05, 3.63) is 34.1 Å². The molecular weight excluding hydrogens is 315 g/mol. The largest absolute Gasteiger partial charge is 0.207 e. The lowest BCUT2D eigenvalue weighted by molar-refractivity contribution is 0.192. The van der Waals surface area contributed by atoms with Crippen molar-refractivity contribution in [2.45, 2.75) is 32.1 Å². The molecule has 2 saturated carbocycles. The molecule has 0 radical (unpaired) electrons. The molecule has 0 saturated heterocycles. The van der Waals surface area contributed by atoms with E-state index in [0.717, 1.165) is 28.3 Å². The Kier molecular flexibility index (Phi) is 3.44. The van der Waals surface area contributed by atoms with Gasteiger partial charge in [-0.3, -0.25) is 0 Å². The summed E-state index contributed by atoms with van der Waals surface area (Å²) in [6.45, 7) is 0. The van der Waals surface area contributed by atoms with E-state index >= 15 is 0 Å². The lowest BCUT2D eigenvalue weighted by atomic mass is 9.71. The zero-order chi connectivity index (χ0) is 12.8. The van der Waals surface area contributed by atoms with E-state index in [1.165, 1.54) is 31.7 Å². The molecule has 0 nitrogen and oxygen atoms in total. The van der Waals surface area contributed by atoms with E-state index in [2.05, 4.69) is 15.9 Å². The summed E-state index contributed by atoms with van der Waals surface area (Å²) in [5.74, 6) is 2.16. The summed E-state index contributed by atoms with van der Waals surface area (Å²) in [6, 6.07) is 4.96. The molecule has 2 fully saturated rings. The Hall–Kier alpha value is -0.0800. The molecular formula is C15H17BrClF. The number of benzene rings is 1. The van der Waals surface area contributed by atoms with Crippen molar-refractivity contribution in [2.24, 2.45) is 17.3 Å². The third-order valence-corrected chi connectivity index (χ3v) is 6.22. The zero-order valence-electron chi connectivity index (χ0n) is 10.3. The van der Waals surface area contributed by atoms with Gasteiger partial charge in [0.25, 0.3) is 0 Å². The Bertz CT molecular complexity index is 462. The minimum atomic E-state index is -0.152. The number of alkyl halides is 1. The molecule has 3 rings (SSSR count). The van der Waals surface area contributed by atoms with Gasteiger partial charge in [-0.15, -0.1) is 11.6 Å². The van der Waals surface area contributed by atoms with Crippen LogP contribution in [-0.2, 0) is 6.42 Å². The van der Waals surface area contributed by atoms with E-state index in [-0.39, 0.29) is 11.2 Å². The molecule has 0 heterocycles. The fourth-order valence-electron chi connectivity index (χ4n) is 4.04. The van der Waals surface area contributed by atoms with Crippen LogP contribution in [0.15, 0.2) is 22.7 Å². The molecule has 2 bridgehead atoms. The summed E-state index contributed by atoms with van der Waals surface area (Å²) in [4.78, 5) is 0. The number of rotatable bonds is 3. The first-order chi connectivity index (χ1) is 8.63. The van der Waals surface area contributed by atoms with Gasteiger partial charge in [-0.1, -0.05) is 22.4 Å². The summed E-state index contributed by atoms with van der Waals surface area (Å²) >= 11 is 9.83. The molecule has 98 valence electrons. The molecule has 0 amide bonds. The quantitative estimate of drug-likeness (QED) is 0.670. The van der Waals surface area contributed by atoms with Crippen LogP contribution in [0.5, 0.6) is 0 Å². The van der Waals surface area contributed by atoms with Crippen LogP contribution in [0.2, 0.25) is 0 Å². The first-order valence-electron chi connectivity index (χ1n) is 6.63. The second-order valence-corrected chi connectivity index (χ2v) is 7.11. The third kappa shape index (κ3) is 2.12. The monoisotopic (exact) mass is 330 g/mol. The summed E-state index contributed by atoms with van der Waals surface area (Å²) in [7, 11) is 0. The van der Waals surface area contributed by atoms with Crippen LogP contribution in [-0.4, -0.2) is 5.88 Å². The van der Waals surface area contributed by atoms with Crippen LogP contribution in [0.4, 0.5) is 4.39 Å². The van der Waals surface area contributed by atoms with Gasteiger partial charge in [-0.05, 0) is 66.7 Å². The SMILES string of the molecule is Fc1ccc(Br)c(CC2(CCl)CC3CCC2C3)c1. The van der Waals surface area contributed by atoms with Crippen LogP contribution in [0.25, 0.3) is 0 Å². The van der Waals surface area contributed by atoms with Crippen molar-refractivity contribution < 1.29 is 4.39 Å². The predicted molar refractivity (Wildman–Crippen MR) is 76.4 cm³/mol. The fraction of sp³-hybridized carbons (Fsp3) is 0.600. The second-order valence-electron chi connectivity index (χ2n) is 5.99. The molecule has 1 aromatic rings. The highest BCUT2D eigenvalue weighted by atomic mass is 79.9. The number of hydrogen-bond donors (Lipinski definition) is 0. The van der Waals surface area contributed by atoms with Crippen molar-refractivity contribution in [1.29, 1.82) is 0 Å². The highest BCUT2D eigenvalue weighted by Crippen LogP contribution is 2.58. The highest BCUT2D eigenvalue weighted by molar-refractivity contribution is 9.10. The van der Waals surface area contributed by atoms with Crippen LogP contribution in [0.1, 0.15) is 31.2 Å². The normalized spacial score (nSPS) is 34.2. The first-order valence-corrected chi connectivity index (χ1v) is 7.95. The van der Waals surface area contributed by atoms with Gasteiger partial charge in [0.2, 0.25) is 0 Å². The van der Waals surface area contributed by atoms with Gasteiger partial charge in [0.05, 0.1) is 0 Å². The van der Waals surface area contributed by atoms with Crippen LogP contribution >= 0.6 is 27.5 Å². The molecule has 0 aliphatic heterocycles. The Morgan fingerprint density at radius 1 is 1.39 bits per heavy atom. The lowest BCUT2D eigenvalue weighted by Crippen LogP contribution is -2.32. The van der Waals surface area contributed by atoms with E-state index in [1.54, 1.807) is 12.1 Å². The summed E-state index contributed by atoms with van der Waals surface area (Å²) in [5, 5.41) is 0. The minimum absolute atomic E-state index is 0.152. The molecule has 0 aromatic heterocycles. The topological polar surface area (TPSA) is 0 Å². The zero-order valence-corrected chi connectivity index (χ0v) is 12.6. The molecule has 3 unspecified atom stereocenters. The maximum atomic E-state index is 13.4. The second kappa shape index (κ2) is 4.79. The molecule has 18 heavy (non-hydrogen) atoms. The highest BCUT2D eigenvalue weighted by Gasteiger charge is 2.50. The number of fused-ring (bicyclic) bond motifs is 2. The smallest absolute Gasteiger partial charge is 0.123 e. The van der Waals surface area contributed by atoms with Crippen molar-refractivity contribution in [1.82, 2.24) is 0 Å². The van der Waals surface area contributed by atoms with E-state index in [4.69, 9.17) is 11.6 Å². The van der Waals surface area contributed by atoms with E-state index < -0.39 is 0 Å². The molecule has 3 atom stereocenters. The van der Waals surface area contributed by atoms with Gasteiger partial charge in [-0.25, -0.2) is 4.39 Å². The third-order valence-electron chi connectivity index (χ3n) is 4.92. The molecule has 3 heteroatoms. The molecule has 0 spiro atoms. The van der Waals surface area contributed by atoms with Gasteiger partial charge in [-0.2, -0.15) is 0 Å². The van der Waals surface area contributed by atoms with Gasteiger partial charge < -0.3 is 0 Å². The number of hydrogen-bond acceptors (Lipinski definition) is 0. The van der Waals surface area contributed by atoms with E-state index in [9.17, 15) is 4.39 Å². The van der Waals surface area contributed by atoms with Crippen molar-refractivity contribution in [3.63, 3.8) is 0 Å². The summed E-state index contributed by atoms with van der Waals surface area (Å²) < 4.78 is 14.4. The minimum Gasteiger partial charge on any atom is -0.207 e. The standard InChI is InChI=1S/C15H17BrClF/c16-14-4-3-13(18)6-11(14)8-15(9-17)7-10-1-2-12(15)5-10/h3-4,6,10,12H,1-2,5,7-9H2. The van der Waals surface area contributed by atoms with Crippen LogP contribution in [0.3, 0.4) is 0 Å². The van der Waals surface area contributed by atoms with Gasteiger partial charge in [0, 0.05) is 10.4 Å². The van der Waals surface area contributed by atoms with E-state index in [0.29, 0.717) is 5.88 Å². The maximum absolute atomic E-state index is 13.4. The van der Waals surface area contributed by atoms with Gasteiger partial charge in [0.1, 0.15) is 5.82 Å². The Balaban J connectivity index is 1.88. The molecule has 1 aromatic carbocycles. The summed E-state index contributed by atoms with van der Waals surface area (Å²) in [5.41, 5.74) is 1.28. The maximum Gasteiger partial charge on any atom is 0.123 e. The lowest BCUT2D eigenvalue weighted by Gasteiger charge is -2.36. The first kappa shape index (κ1) is 12.9. The van der Waals surface area contributed by atoms with E-state index in [1.807, 2.05) is 0 Å². The molecule has 2 aliphatic carbocycles. The predicted octanol–water partition coefficient (Wildman–Crippen LogP) is 5.18.